The van der Waals surface area contributed by atoms with E-state index < -0.39 is 0 Å². The number of nitrogens with zero attached hydrogens (tertiary/aromatic N) is 1. The molecule has 2 N–H and O–H groups in total. The molecule has 0 saturated heterocycles. The maximum absolute atomic E-state index is 11.8. The van der Waals surface area contributed by atoms with Gasteiger partial charge in [0.05, 0.1) is 18.5 Å². The molecule has 1 aliphatic rings. The second-order valence-electron chi connectivity index (χ2n) is 4.87. The van der Waals surface area contributed by atoms with E-state index in [1.807, 2.05) is 18.2 Å². The van der Waals surface area contributed by atoms with Gasteiger partial charge in [-0.25, -0.2) is 4.98 Å². The van der Waals surface area contributed by atoms with E-state index in [4.69, 9.17) is 14.2 Å². The molecule has 2 heterocycles. The highest BCUT2D eigenvalue weighted by Crippen LogP contribution is 2.34. The van der Waals surface area contributed by atoms with Gasteiger partial charge in [-0.1, -0.05) is 0 Å². The lowest BCUT2D eigenvalue weighted by molar-refractivity contribution is 0.0932. The fourth-order valence-corrected chi connectivity index (χ4v) is 2.10. The number of methoxy groups -OCH3 is 1. The molecule has 2 aromatic rings. The van der Waals surface area contributed by atoms with E-state index in [0.717, 1.165) is 17.1 Å². The summed E-state index contributed by atoms with van der Waals surface area (Å²) in [5.41, 5.74) is 1.99. The molecule has 1 aromatic heterocycles. The first-order valence-electron chi connectivity index (χ1n) is 7.16. The van der Waals surface area contributed by atoms with E-state index in [-0.39, 0.29) is 12.7 Å². The monoisotopic (exact) mass is 315 g/mol. The molecule has 0 bridgehead atoms. The van der Waals surface area contributed by atoms with Crippen molar-refractivity contribution in [2.75, 3.05) is 32.4 Å². The zero-order valence-corrected chi connectivity index (χ0v) is 12.7. The van der Waals surface area contributed by atoms with Crippen molar-refractivity contribution >= 4 is 17.3 Å². The normalized spacial score (nSPS) is 12.0. The number of ether oxygens (including phenoxy) is 3. The van der Waals surface area contributed by atoms with Crippen LogP contribution in [0.25, 0.3) is 0 Å². The van der Waals surface area contributed by atoms with Crippen LogP contribution in [-0.2, 0) is 4.74 Å². The number of benzene rings is 1. The smallest absolute Gasteiger partial charge is 0.269 e. The Bertz CT molecular complexity index is 688. The Hall–Kier alpha value is -2.80. The lowest BCUT2D eigenvalue weighted by Gasteiger charge is -2.08. The molecule has 0 aliphatic carbocycles. The third-order valence-corrected chi connectivity index (χ3v) is 3.25. The van der Waals surface area contributed by atoms with Crippen LogP contribution in [0.5, 0.6) is 11.5 Å². The molecule has 0 saturated carbocycles. The van der Waals surface area contributed by atoms with Crippen molar-refractivity contribution in [2.24, 2.45) is 0 Å². The molecule has 7 heteroatoms. The predicted molar refractivity (Wildman–Crippen MR) is 84.3 cm³/mol. The van der Waals surface area contributed by atoms with Crippen LogP contribution in [0, 0.1) is 0 Å². The fraction of sp³-hybridized carbons (Fsp3) is 0.250. The largest absolute Gasteiger partial charge is 0.454 e. The number of carbonyl (C=O) groups excluding carboxylic acids is 1. The van der Waals surface area contributed by atoms with Crippen molar-refractivity contribution in [3.05, 3.63) is 42.2 Å². The quantitative estimate of drug-likeness (QED) is 0.793. The second kappa shape index (κ2) is 6.97. The van der Waals surface area contributed by atoms with E-state index in [1.165, 1.54) is 0 Å². The van der Waals surface area contributed by atoms with Crippen molar-refractivity contribution in [3.63, 3.8) is 0 Å². The highest BCUT2D eigenvalue weighted by atomic mass is 16.7. The fourth-order valence-electron chi connectivity index (χ4n) is 2.10. The summed E-state index contributed by atoms with van der Waals surface area (Å²) in [5, 5.41) is 5.92. The molecule has 7 nitrogen and oxygen atoms in total. The molecular weight excluding hydrogens is 298 g/mol. The Kier molecular flexibility index (Phi) is 4.58. The van der Waals surface area contributed by atoms with Gasteiger partial charge in [0.25, 0.3) is 5.91 Å². The van der Waals surface area contributed by atoms with Gasteiger partial charge in [-0.15, -0.1) is 0 Å². The molecule has 0 spiro atoms. The third-order valence-electron chi connectivity index (χ3n) is 3.25. The Balaban J connectivity index is 1.62. The number of hydrogen-bond donors (Lipinski definition) is 2. The minimum atomic E-state index is -0.225. The highest BCUT2D eigenvalue weighted by Gasteiger charge is 2.13. The first-order valence-corrected chi connectivity index (χ1v) is 7.16. The highest BCUT2D eigenvalue weighted by molar-refractivity contribution is 5.92. The van der Waals surface area contributed by atoms with E-state index in [2.05, 4.69) is 15.6 Å². The summed E-state index contributed by atoms with van der Waals surface area (Å²) in [7, 11) is 1.58. The summed E-state index contributed by atoms with van der Waals surface area (Å²) in [6, 6.07) is 9.04. The van der Waals surface area contributed by atoms with Gasteiger partial charge in [0.1, 0.15) is 5.69 Å². The van der Waals surface area contributed by atoms with Crippen LogP contribution in [0.3, 0.4) is 0 Å². The van der Waals surface area contributed by atoms with Gasteiger partial charge in [-0.3, -0.25) is 4.79 Å². The number of amides is 1. The van der Waals surface area contributed by atoms with Gasteiger partial charge in [-0.2, -0.15) is 0 Å². The van der Waals surface area contributed by atoms with Crippen LogP contribution in [0.2, 0.25) is 0 Å². The summed E-state index contributed by atoms with van der Waals surface area (Å²) in [5.74, 6) is 1.21. The minimum absolute atomic E-state index is 0.225. The summed E-state index contributed by atoms with van der Waals surface area (Å²) in [6.07, 6.45) is 1.61. The molecule has 3 rings (SSSR count). The van der Waals surface area contributed by atoms with Crippen molar-refractivity contribution in [1.82, 2.24) is 10.3 Å². The van der Waals surface area contributed by atoms with Crippen LogP contribution >= 0.6 is 0 Å². The van der Waals surface area contributed by atoms with Gasteiger partial charge in [0.15, 0.2) is 11.5 Å². The van der Waals surface area contributed by atoms with E-state index in [9.17, 15) is 4.79 Å². The van der Waals surface area contributed by atoms with E-state index in [0.29, 0.717) is 24.6 Å². The number of aromatic nitrogens is 1. The van der Waals surface area contributed by atoms with Crippen LogP contribution in [0.4, 0.5) is 11.4 Å². The Labute approximate surface area is 133 Å². The van der Waals surface area contributed by atoms with Crippen molar-refractivity contribution in [1.29, 1.82) is 0 Å². The number of pyridine rings is 1. The zero-order chi connectivity index (χ0) is 16.1. The summed E-state index contributed by atoms with van der Waals surface area (Å²) >= 11 is 0. The summed E-state index contributed by atoms with van der Waals surface area (Å²) in [6.45, 7) is 1.16. The van der Waals surface area contributed by atoms with Crippen LogP contribution in [0.1, 0.15) is 10.5 Å². The molecule has 1 amide bonds. The Morgan fingerprint density at radius 2 is 2.04 bits per heavy atom. The summed E-state index contributed by atoms with van der Waals surface area (Å²) in [4.78, 5) is 16.0. The maximum atomic E-state index is 11.8. The van der Waals surface area contributed by atoms with Crippen LogP contribution in [0.15, 0.2) is 36.5 Å². The average Bonchev–Trinajstić information content (AvgIpc) is 3.03. The number of anilines is 2. The maximum Gasteiger partial charge on any atom is 0.269 e. The standard InChI is InChI=1S/C16H17N3O4/c1-21-7-6-17-16(20)13-4-2-12(9-18-13)19-11-3-5-14-15(8-11)23-10-22-14/h2-5,8-9,19H,6-7,10H2,1H3,(H,17,20). The number of fused-ring (bicyclic) bond motifs is 1. The predicted octanol–water partition coefficient (Wildman–Crippen LogP) is 1.93. The van der Waals surface area contributed by atoms with Crippen molar-refractivity contribution < 1.29 is 19.0 Å². The van der Waals surface area contributed by atoms with Gasteiger partial charge < -0.3 is 24.8 Å². The molecule has 23 heavy (non-hydrogen) atoms. The summed E-state index contributed by atoms with van der Waals surface area (Å²) < 4.78 is 15.5. The van der Waals surface area contributed by atoms with Gasteiger partial charge in [0, 0.05) is 25.4 Å². The molecule has 120 valence electrons. The molecule has 0 fully saturated rings. The van der Waals surface area contributed by atoms with E-state index in [1.54, 1.807) is 25.4 Å². The lowest BCUT2D eigenvalue weighted by Crippen LogP contribution is -2.27. The molecule has 1 aliphatic heterocycles. The third kappa shape index (κ3) is 3.70. The first-order chi connectivity index (χ1) is 11.3. The molecular formula is C16H17N3O4. The number of rotatable bonds is 6. The van der Waals surface area contributed by atoms with Crippen molar-refractivity contribution in [3.8, 4) is 11.5 Å². The van der Waals surface area contributed by atoms with Crippen molar-refractivity contribution in [2.45, 2.75) is 0 Å². The Morgan fingerprint density at radius 3 is 2.83 bits per heavy atom. The first kappa shape index (κ1) is 15.1. The van der Waals surface area contributed by atoms with E-state index >= 15 is 0 Å². The average molecular weight is 315 g/mol. The molecule has 0 radical (unpaired) electrons. The zero-order valence-electron chi connectivity index (χ0n) is 12.7. The van der Waals surface area contributed by atoms with Crippen LogP contribution in [-0.4, -0.2) is 37.9 Å². The molecule has 0 unspecified atom stereocenters. The SMILES string of the molecule is COCCNC(=O)c1ccc(Nc2ccc3c(c2)OCO3)cn1. The van der Waals surface area contributed by atoms with Gasteiger partial charge in [0.2, 0.25) is 6.79 Å². The van der Waals surface area contributed by atoms with Crippen LogP contribution < -0.4 is 20.1 Å². The van der Waals surface area contributed by atoms with Gasteiger partial charge >= 0.3 is 0 Å². The number of hydrogen-bond acceptors (Lipinski definition) is 6. The number of carbonyl (C=O) groups is 1. The second-order valence-corrected chi connectivity index (χ2v) is 4.87. The topological polar surface area (TPSA) is 81.7 Å². The van der Waals surface area contributed by atoms with Gasteiger partial charge in [-0.05, 0) is 24.3 Å². The lowest BCUT2D eigenvalue weighted by atomic mass is 10.2. The Morgan fingerprint density at radius 1 is 1.22 bits per heavy atom. The molecule has 1 aromatic carbocycles. The molecule has 0 atom stereocenters. The number of nitrogens with one attached hydrogen (secondary N) is 2. The minimum Gasteiger partial charge on any atom is -0.454 e.